The van der Waals surface area contributed by atoms with Crippen LogP contribution in [0.5, 0.6) is 0 Å². The van der Waals surface area contributed by atoms with E-state index in [1.807, 2.05) is 42.6 Å². The molecule has 3 rings (SSSR count). The van der Waals surface area contributed by atoms with Gasteiger partial charge in [0.15, 0.2) is 0 Å². The summed E-state index contributed by atoms with van der Waals surface area (Å²) < 4.78 is 14.7. The van der Waals surface area contributed by atoms with E-state index in [1.54, 1.807) is 6.07 Å². The Morgan fingerprint density at radius 2 is 1.54 bits per heavy atom. The Hall–Kier alpha value is -2.48. The van der Waals surface area contributed by atoms with Crippen molar-refractivity contribution in [3.05, 3.63) is 77.9 Å². The van der Waals surface area contributed by atoms with Crippen molar-refractivity contribution in [2.75, 3.05) is 0 Å². The van der Waals surface area contributed by atoms with Crippen molar-refractivity contribution in [1.29, 1.82) is 0 Å². The fourth-order valence-electron chi connectivity index (χ4n) is 3.16. The largest absolute Gasteiger partial charge is 0.261 e. The Balaban J connectivity index is 1.78. The van der Waals surface area contributed by atoms with E-state index in [-0.39, 0.29) is 5.82 Å². The summed E-state index contributed by atoms with van der Waals surface area (Å²) in [5.41, 5.74) is 5.74. The molecule has 0 unspecified atom stereocenters. The molecule has 0 aliphatic heterocycles. The third kappa shape index (κ3) is 4.37. The van der Waals surface area contributed by atoms with Crippen molar-refractivity contribution in [1.82, 2.24) is 4.98 Å². The van der Waals surface area contributed by atoms with Crippen LogP contribution in [0.4, 0.5) is 4.39 Å². The summed E-state index contributed by atoms with van der Waals surface area (Å²) in [4.78, 5) is 4.40. The second-order valence-corrected chi connectivity index (χ2v) is 6.74. The summed E-state index contributed by atoms with van der Waals surface area (Å²) in [7, 11) is 0. The number of aromatic nitrogens is 1. The molecule has 0 spiro atoms. The molecule has 0 fully saturated rings. The lowest BCUT2D eigenvalue weighted by molar-refractivity contribution is 0.632. The van der Waals surface area contributed by atoms with Crippen LogP contribution in [0.25, 0.3) is 22.3 Å². The minimum atomic E-state index is -0.194. The predicted molar refractivity (Wildman–Crippen MR) is 108 cm³/mol. The van der Waals surface area contributed by atoms with Gasteiger partial charge < -0.3 is 0 Å². The molecule has 0 radical (unpaired) electrons. The smallest absolute Gasteiger partial charge is 0.131 e. The van der Waals surface area contributed by atoms with Crippen LogP contribution in [0.15, 0.2) is 60.8 Å². The van der Waals surface area contributed by atoms with Crippen LogP contribution in [0, 0.1) is 5.82 Å². The van der Waals surface area contributed by atoms with Gasteiger partial charge in [-0.05, 0) is 48.1 Å². The van der Waals surface area contributed by atoms with Crippen LogP contribution < -0.4 is 0 Å². The van der Waals surface area contributed by atoms with E-state index in [9.17, 15) is 4.39 Å². The van der Waals surface area contributed by atoms with E-state index in [2.05, 4.69) is 31.0 Å². The summed E-state index contributed by atoms with van der Waals surface area (Å²) >= 11 is 0. The molecule has 0 aliphatic rings. The van der Waals surface area contributed by atoms with E-state index in [4.69, 9.17) is 0 Å². The Kier molecular flexibility index (Phi) is 6.17. The first-order valence-electron chi connectivity index (χ1n) is 9.55. The molecule has 0 bridgehead atoms. The molecule has 26 heavy (non-hydrogen) atoms. The van der Waals surface area contributed by atoms with Crippen LogP contribution >= 0.6 is 0 Å². The van der Waals surface area contributed by atoms with Gasteiger partial charge in [-0.25, -0.2) is 4.39 Å². The van der Waals surface area contributed by atoms with Crippen molar-refractivity contribution in [2.45, 2.75) is 46.0 Å². The summed E-state index contributed by atoms with van der Waals surface area (Å²) in [5, 5.41) is 0. The highest BCUT2D eigenvalue weighted by atomic mass is 19.1. The standard InChI is InChI=1S/C24H26FN/c1-3-5-6-7-18-8-10-19(11-9-18)23-15-13-20(16-24(23)25)21-12-14-22(4-2)26-17-21/h8-17H,3-7H2,1-2H3. The third-order valence-corrected chi connectivity index (χ3v) is 4.82. The first-order valence-corrected chi connectivity index (χ1v) is 9.55. The maximum absolute atomic E-state index is 14.7. The van der Waals surface area contributed by atoms with E-state index in [1.165, 1.54) is 24.8 Å². The van der Waals surface area contributed by atoms with Crippen LogP contribution in [-0.4, -0.2) is 4.98 Å². The van der Waals surface area contributed by atoms with Crippen molar-refractivity contribution >= 4 is 0 Å². The van der Waals surface area contributed by atoms with E-state index in [0.29, 0.717) is 5.56 Å². The number of hydrogen-bond donors (Lipinski definition) is 0. The monoisotopic (exact) mass is 347 g/mol. The Morgan fingerprint density at radius 1 is 0.808 bits per heavy atom. The maximum atomic E-state index is 14.7. The number of unbranched alkanes of at least 4 members (excludes halogenated alkanes) is 2. The predicted octanol–water partition coefficient (Wildman–Crippen LogP) is 6.85. The van der Waals surface area contributed by atoms with E-state index < -0.39 is 0 Å². The topological polar surface area (TPSA) is 12.9 Å². The molecule has 134 valence electrons. The van der Waals surface area contributed by atoms with Gasteiger partial charge in [0.25, 0.3) is 0 Å². The summed E-state index contributed by atoms with van der Waals surface area (Å²) in [6.45, 7) is 4.29. The van der Waals surface area contributed by atoms with E-state index >= 15 is 0 Å². The minimum Gasteiger partial charge on any atom is -0.261 e. The van der Waals surface area contributed by atoms with Gasteiger partial charge in [0, 0.05) is 23.0 Å². The molecular formula is C24H26FN. The second kappa shape index (κ2) is 8.75. The zero-order valence-electron chi connectivity index (χ0n) is 15.6. The van der Waals surface area contributed by atoms with Gasteiger partial charge in [0.1, 0.15) is 5.82 Å². The SMILES string of the molecule is CCCCCc1ccc(-c2ccc(-c3ccc(CC)nc3)cc2F)cc1. The summed E-state index contributed by atoms with van der Waals surface area (Å²) in [6, 6.07) is 17.7. The molecule has 0 amide bonds. The molecule has 2 heteroatoms. The van der Waals surface area contributed by atoms with Crippen molar-refractivity contribution in [3.63, 3.8) is 0 Å². The highest BCUT2D eigenvalue weighted by Crippen LogP contribution is 2.28. The summed E-state index contributed by atoms with van der Waals surface area (Å²) in [5.74, 6) is -0.194. The van der Waals surface area contributed by atoms with E-state index in [0.717, 1.165) is 35.2 Å². The normalized spacial score (nSPS) is 10.9. The lowest BCUT2D eigenvalue weighted by atomic mass is 9.98. The first-order chi connectivity index (χ1) is 12.7. The molecule has 0 N–H and O–H groups in total. The molecule has 0 saturated heterocycles. The number of rotatable bonds is 7. The minimum absolute atomic E-state index is 0.194. The quantitative estimate of drug-likeness (QED) is 0.426. The molecule has 0 aliphatic carbocycles. The highest BCUT2D eigenvalue weighted by molar-refractivity contribution is 5.70. The third-order valence-electron chi connectivity index (χ3n) is 4.82. The zero-order chi connectivity index (χ0) is 18.4. The lowest BCUT2D eigenvalue weighted by Crippen LogP contribution is -1.90. The van der Waals surface area contributed by atoms with Crippen molar-refractivity contribution < 1.29 is 4.39 Å². The maximum Gasteiger partial charge on any atom is 0.131 e. The molecule has 1 heterocycles. The average Bonchev–Trinajstić information content (AvgIpc) is 2.69. The van der Waals surface area contributed by atoms with Gasteiger partial charge >= 0.3 is 0 Å². The number of benzene rings is 2. The fraction of sp³-hybridized carbons (Fsp3) is 0.292. The summed E-state index contributed by atoms with van der Waals surface area (Å²) in [6.07, 6.45) is 7.51. The molecule has 1 aromatic heterocycles. The Bertz CT molecular complexity index is 835. The van der Waals surface area contributed by atoms with Gasteiger partial charge in [-0.1, -0.05) is 69.2 Å². The van der Waals surface area contributed by atoms with Gasteiger partial charge in [-0.15, -0.1) is 0 Å². The number of aryl methyl sites for hydroxylation is 2. The molecule has 0 saturated carbocycles. The van der Waals surface area contributed by atoms with Gasteiger partial charge in [0.05, 0.1) is 0 Å². The van der Waals surface area contributed by atoms with Crippen molar-refractivity contribution in [3.8, 4) is 22.3 Å². The first kappa shape index (κ1) is 18.3. The number of pyridine rings is 1. The van der Waals surface area contributed by atoms with Gasteiger partial charge in [-0.2, -0.15) is 0 Å². The zero-order valence-corrected chi connectivity index (χ0v) is 15.6. The fourth-order valence-corrected chi connectivity index (χ4v) is 3.16. The second-order valence-electron chi connectivity index (χ2n) is 6.74. The Morgan fingerprint density at radius 3 is 2.15 bits per heavy atom. The average molecular weight is 347 g/mol. The highest BCUT2D eigenvalue weighted by Gasteiger charge is 2.08. The number of hydrogen-bond acceptors (Lipinski definition) is 1. The molecular weight excluding hydrogens is 321 g/mol. The van der Waals surface area contributed by atoms with Crippen LogP contribution in [0.3, 0.4) is 0 Å². The lowest BCUT2D eigenvalue weighted by Gasteiger charge is -2.08. The molecule has 2 aromatic carbocycles. The Labute approximate surface area is 155 Å². The molecule has 1 nitrogen and oxygen atoms in total. The number of nitrogens with zero attached hydrogens (tertiary/aromatic N) is 1. The molecule has 0 atom stereocenters. The number of halogens is 1. The molecule has 3 aromatic rings. The van der Waals surface area contributed by atoms with Crippen LogP contribution in [0.2, 0.25) is 0 Å². The van der Waals surface area contributed by atoms with Gasteiger partial charge in [-0.3, -0.25) is 4.98 Å². The van der Waals surface area contributed by atoms with Gasteiger partial charge in [0.2, 0.25) is 0 Å². The van der Waals surface area contributed by atoms with Crippen molar-refractivity contribution in [2.24, 2.45) is 0 Å². The van der Waals surface area contributed by atoms with Crippen LogP contribution in [-0.2, 0) is 12.8 Å². The van der Waals surface area contributed by atoms with Crippen LogP contribution in [0.1, 0.15) is 44.4 Å².